The first kappa shape index (κ1) is 16.1. The summed E-state index contributed by atoms with van der Waals surface area (Å²) in [7, 11) is 0. The molecule has 19 heavy (non-hydrogen) atoms. The summed E-state index contributed by atoms with van der Waals surface area (Å²) in [6.07, 6.45) is 0.936. The number of carbonyl (C=O) groups excluding carboxylic acids is 1. The standard InChI is InChI=1S/C12H19ClN4OS/c1-3-19-5-4-8(2)15-12(18)9-6-10(13)16-11(7-9)17-14/h6-8H,3-5,14H2,1-2H3,(H,15,18)(H,16,17). The Morgan fingerprint density at radius 1 is 1.58 bits per heavy atom. The molecule has 5 nitrogen and oxygen atoms in total. The molecule has 106 valence electrons. The minimum absolute atomic E-state index is 0.118. The molecule has 0 saturated carbocycles. The van der Waals surface area contributed by atoms with Gasteiger partial charge < -0.3 is 10.7 Å². The largest absolute Gasteiger partial charge is 0.350 e. The van der Waals surface area contributed by atoms with Gasteiger partial charge >= 0.3 is 0 Å². The highest BCUT2D eigenvalue weighted by molar-refractivity contribution is 7.99. The first-order chi connectivity index (χ1) is 9.06. The molecule has 1 rings (SSSR count). The van der Waals surface area contributed by atoms with E-state index < -0.39 is 0 Å². The van der Waals surface area contributed by atoms with Crippen molar-refractivity contribution in [3.05, 3.63) is 22.8 Å². The van der Waals surface area contributed by atoms with Crippen LogP contribution in [0.2, 0.25) is 5.15 Å². The maximum Gasteiger partial charge on any atom is 0.251 e. The molecular weight excluding hydrogens is 284 g/mol. The highest BCUT2D eigenvalue weighted by Gasteiger charge is 2.11. The van der Waals surface area contributed by atoms with Gasteiger partial charge in [-0.25, -0.2) is 10.8 Å². The van der Waals surface area contributed by atoms with Crippen LogP contribution in [0.4, 0.5) is 5.82 Å². The van der Waals surface area contributed by atoms with Crippen LogP contribution < -0.4 is 16.6 Å². The number of nitrogens with one attached hydrogen (secondary N) is 2. The molecule has 0 radical (unpaired) electrons. The van der Waals surface area contributed by atoms with Crippen LogP contribution in [0.3, 0.4) is 0 Å². The number of nitrogens with zero attached hydrogens (tertiary/aromatic N) is 1. The van der Waals surface area contributed by atoms with Crippen LogP contribution in [0.25, 0.3) is 0 Å². The van der Waals surface area contributed by atoms with Gasteiger partial charge in [-0.1, -0.05) is 18.5 Å². The van der Waals surface area contributed by atoms with E-state index in [9.17, 15) is 4.79 Å². The summed E-state index contributed by atoms with van der Waals surface area (Å²) in [6, 6.07) is 3.20. The van der Waals surface area contributed by atoms with Gasteiger partial charge in [0.05, 0.1) is 0 Å². The lowest BCUT2D eigenvalue weighted by molar-refractivity contribution is 0.0939. The number of hydrogen-bond acceptors (Lipinski definition) is 5. The number of nitrogens with two attached hydrogens (primary N) is 1. The Hall–Kier alpha value is -0.980. The molecule has 1 atom stereocenters. The lowest BCUT2D eigenvalue weighted by Crippen LogP contribution is -2.33. The highest BCUT2D eigenvalue weighted by Crippen LogP contribution is 2.14. The fraction of sp³-hybridized carbons (Fsp3) is 0.500. The molecule has 1 heterocycles. The van der Waals surface area contributed by atoms with E-state index in [-0.39, 0.29) is 17.1 Å². The van der Waals surface area contributed by atoms with Crippen molar-refractivity contribution in [3.63, 3.8) is 0 Å². The molecule has 0 saturated heterocycles. The second-order valence-corrected chi connectivity index (χ2v) is 5.85. The monoisotopic (exact) mass is 302 g/mol. The van der Waals surface area contributed by atoms with Gasteiger partial charge in [0.2, 0.25) is 0 Å². The third-order valence-electron chi connectivity index (χ3n) is 2.48. The Balaban J connectivity index is 2.59. The van der Waals surface area contributed by atoms with E-state index in [0.717, 1.165) is 17.9 Å². The second kappa shape index (κ2) is 8.24. The van der Waals surface area contributed by atoms with Gasteiger partial charge in [0.25, 0.3) is 5.91 Å². The van der Waals surface area contributed by atoms with Crippen molar-refractivity contribution in [2.75, 3.05) is 16.9 Å². The third kappa shape index (κ3) is 5.67. The molecule has 0 aliphatic heterocycles. The van der Waals surface area contributed by atoms with Gasteiger partial charge in [-0.3, -0.25) is 4.79 Å². The number of carbonyl (C=O) groups is 1. The first-order valence-electron chi connectivity index (χ1n) is 6.09. The fourth-order valence-electron chi connectivity index (χ4n) is 1.49. The Labute approximate surface area is 122 Å². The molecule has 0 aliphatic carbocycles. The predicted molar refractivity (Wildman–Crippen MR) is 81.6 cm³/mol. The molecule has 0 aromatic carbocycles. The van der Waals surface area contributed by atoms with Crippen molar-refractivity contribution < 1.29 is 4.79 Å². The van der Waals surface area contributed by atoms with Crippen molar-refractivity contribution in [2.24, 2.45) is 5.84 Å². The maximum atomic E-state index is 12.0. The number of nitrogen functional groups attached to an aromatic ring is 1. The van der Waals surface area contributed by atoms with E-state index in [1.54, 1.807) is 6.07 Å². The van der Waals surface area contributed by atoms with Crippen LogP contribution in [0.1, 0.15) is 30.6 Å². The molecule has 0 aliphatic rings. The van der Waals surface area contributed by atoms with Crippen molar-refractivity contribution in [3.8, 4) is 0 Å². The summed E-state index contributed by atoms with van der Waals surface area (Å²) in [5.74, 6) is 7.58. The molecule has 1 amide bonds. The average Bonchev–Trinajstić information content (AvgIpc) is 2.38. The predicted octanol–water partition coefficient (Wildman–Crippen LogP) is 2.28. The summed E-state index contributed by atoms with van der Waals surface area (Å²) in [5.41, 5.74) is 2.83. The maximum absolute atomic E-state index is 12.0. The van der Waals surface area contributed by atoms with E-state index in [0.29, 0.717) is 11.4 Å². The topological polar surface area (TPSA) is 80.0 Å². The minimum Gasteiger partial charge on any atom is -0.350 e. The molecule has 1 aromatic rings. The Morgan fingerprint density at radius 2 is 2.32 bits per heavy atom. The van der Waals surface area contributed by atoms with Gasteiger partial charge in [0.15, 0.2) is 0 Å². The Bertz CT molecular complexity index is 430. The summed E-state index contributed by atoms with van der Waals surface area (Å²) in [6.45, 7) is 4.10. The number of aromatic nitrogens is 1. The second-order valence-electron chi connectivity index (χ2n) is 4.07. The SMILES string of the molecule is CCSCCC(C)NC(=O)c1cc(Cl)nc(NN)c1. The van der Waals surface area contributed by atoms with E-state index >= 15 is 0 Å². The molecule has 0 bridgehead atoms. The number of halogens is 1. The lowest BCUT2D eigenvalue weighted by Gasteiger charge is -2.14. The summed E-state index contributed by atoms with van der Waals surface area (Å²) < 4.78 is 0. The Morgan fingerprint density at radius 3 is 2.95 bits per heavy atom. The van der Waals surface area contributed by atoms with E-state index in [1.165, 1.54) is 6.07 Å². The highest BCUT2D eigenvalue weighted by atomic mass is 35.5. The quantitative estimate of drug-likeness (QED) is 0.312. The first-order valence-corrected chi connectivity index (χ1v) is 7.63. The van der Waals surface area contributed by atoms with E-state index in [4.69, 9.17) is 17.4 Å². The average molecular weight is 303 g/mol. The zero-order valence-electron chi connectivity index (χ0n) is 11.1. The molecule has 7 heteroatoms. The summed E-state index contributed by atoms with van der Waals surface area (Å²) >= 11 is 7.68. The van der Waals surface area contributed by atoms with Crippen LogP contribution in [0.15, 0.2) is 12.1 Å². The number of hydrogen-bond donors (Lipinski definition) is 3. The molecule has 4 N–H and O–H groups in total. The van der Waals surface area contributed by atoms with Gasteiger partial charge in [-0.2, -0.15) is 11.8 Å². The number of thioether (sulfide) groups is 1. The summed E-state index contributed by atoms with van der Waals surface area (Å²) in [4.78, 5) is 16.0. The fourth-order valence-corrected chi connectivity index (χ4v) is 2.50. The van der Waals surface area contributed by atoms with Crippen LogP contribution in [-0.2, 0) is 0 Å². The smallest absolute Gasteiger partial charge is 0.251 e. The van der Waals surface area contributed by atoms with Gasteiger partial charge in [-0.05, 0) is 37.0 Å². The van der Waals surface area contributed by atoms with E-state index in [1.807, 2.05) is 18.7 Å². The van der Waals surface area contributed by atoms with Crippen LogP contribution in [0.5, 0.6) is 0 Å². The van der Waals surface area contributed by atoms with Crippen molar-refractivity contribution in [2.45, 2.75) is 26.3 Å². The van der Waals surface area contributed by atoms with Crippen LogP contribution >= 0.6 is 23.4 Å². The molecular formula is C12H19ClN4OS. The lowest BCUT2D eigenvalue weighted by atomic mass is 10.2. The van der Waals surface area contributed by atoms with E-state index in [2.05, 4.69) is 22.7 Å². The van der Waals surface area contributed by atoms with Crippen LogP contribution in [-0.4, -0.2) is 28.4 Å². The number of anilines is 1. The number of pyridine rings is 1. The van der Waals surface area contributed by atoms with Crippen molar-refractivity contribution >= 4 is 35.1 Å². The Kier molecular flexibility index (Phi) is 6.97. The number of amides is 1. The van der Waals surface area contributed by atoms with Crippen molar-refractivity contribution in [1.82, 2.24) is 10.3 Å². The number of hydrazine groups is 1. The zero-order valence-corrected chi connectivity index (χ0v) is 12.6. The molecule has 0 fully saturated rings. The van der Waals surface area contributed by atoms with Crippen molar-refractivity contribution in [1.29, 1.82) is 0 Å². The zero-order chi connectivity index (χ0) is 14.3. The molecule has 0 spiro atoms. The minimum atomic E-state index is -0.171. The van der Waals surface area contributed by atoms with Gasteiger partial charge in [-0.15, -0.1) is 0 Å². The normalized spacial score (nSPS) is 12.0. The molecule has 1 unspecified atom stereocenters. The van der Waals surface area contributed by atoms with Gasteiger partial charge in [0.1, 0.15) is 11.0 Å². The van der Waals surface area contributed by atoms with Crippen LogP contribution in [0, 0.1) is 0 Å². The number of rotatable bonds is 7. The van der Waals surface area contributed by atoms with Gasteiger partial charge in [0, 0.05) is 11.6 Å². The molecule has 1 aromatic heterocycles. The summed E-state index contributed by atoms with van der Waals surface area (Å²) in [5, 5.41) is 3.16. The third-order valence-corrected chi connectivity index (χ3v) is 3.61.